The van der Waals surface area contributed by atoms with E-state index in [9.17, 15) is 9.18 Å². The average Bonchev–Trinajstić information content (AvgIpc) is 2.97. The smallest absolute Gasteiger partial charge is 0.234 e. The van der Waals surface area contributed by atoms with E-state index in [1.165, 1.54) is 17.8 Å². The molecule has 23 heavy (non-hydrogen) atoms. The van der Waals surface area contributed by atoms with Crippen LogP contribution < -0.4 is 5.32 Å². The summed E-state index contributed by atoms with van der Waals surface area (Å²) in [5, 5.41) is 11.2. The molecule has 2 rings (SSSR count). The first kappa shape index (κ1) is 17.4. The van der Waals surface area contributed by atoms with Gasteiger partial charge in [0.2, 0.25) is 5.91 Å². The first-order chi connectivity index (χ1) is 11.1. The number of benzene rings is 1. The average molecular weight is 338 g/mol. The van der Waals surface area contributed by atoms with E-state index in [4.69, 9.17) is 4.74 Å². The molecule has 0 radical (unpaired) electrons. The van der Waals surface area contributed by atoms with Crippen molar-refractivity contribution in [3.63, 3.8) is 0 Å². The maximum Gasteiger partial charge on any atom is 0.234 e. The van der Waals surface area contributed by atoms with Crippen molar-refractivity contribution < 1.29 is 13.9 Å². The number of aryl methyl sites for hydroxylation is 2. The Hall–Kier alpha value is -1.93. The van der Waals surface area contributed by atoms with Crippen molar-refractivity contribution in [2.45, 2.75) is 25.0 Å². The van der Waals surface area contributed by atoms with Gasteiger partial charge in [0.1, 0.15) is 12.1 Å². The molecule has 124 valence electrons. The highest BCUT2D eigenvalue weighted by Gasteiger charge is 2.09. The maximum absolute atomic E-state index is 13.5. The summed E-state index contributed by atoms with van der Waals surface area (Å²) in [6.07, 6.45) is 2.47. The zero-order valence-electron chi connectivity index (χ0n) is 13.1. The quantitative estimate of drug-likeness (QED) is 0.591. The van der Waals surface area contributed by atoms with Gasteiger partial charge in [0, 0.05) is 25.9 Å². The third-order valence-corrected chi connectivity index (χ3v) is 4.10. The zero-order valence-corrected chi connectivity index (χ0v) is 13.9. The monoisotopic (exact) mass is 338 g/mol. The van der Waals surface area contributed by atoms with E-state index in [-0.39, 0.29) is 17.5 Å². The summed E-state index contributed by atoms with van der Waals surface area (Å²) in [4.78, 5) is 11.9. The third kappa shape index (κ3) is 5.33. The van der Waals surface area contributed by atoms with Crippen LogP contribution >= 0.6 is 11.8 Å². The molecule has 6 nitrogen and oxygen atoms in total. The Bertz CT molecular complexity index is 663. The van der Waals surface area contributed by atoms with Crippen molar-refractivity contribution in [3.05, 3.63) is 35.9 Å². The number of methoxy groups -OCH3 is 1. The van der Waals surface area contributed by atoms with E-state index in [1.807, 2.05) is 4.57 Å². The maximum atomic E-state index is 13.5. The number of thioether (sulfide) groups is 1. The van der Waals surface area contributed by atoms with Gasteiger partial charge in [-0.25, -0.2) is 4.39 Å². The van der Waals surface area contributed by atoms with Crippen molar-refractivity contribution >= 4 is 23.4 Å². The van der Waals surface area contributed by atoms with Crippen LogP contribution in [0.1, 0.15) is 12.0 Å². The number of aromatic nitrogens is 3. The number of nitrogens with one attached hydrogen (secondary N) is 1. The summed E-state index contributed by atoms with van der Waals surface area (Å²) in [6, 6.07) is 4.61. The van der Waals surface area contributed by atoms with Crippen LogP contribution in [0.25, 0.3) is 0 Å². The number of rotatable bonds is 8. The highest BCUT2D eigenvalue weighted by molar-refractivity contribution is 7.99. The van der Waals surface area contributed by atoms with Crippen molar-refractivity contribution in [2.24, 2.45) is 0 Å². The van der Waals surface area contributed by atoms with E-state index in [1.54, 1.807) is 32.5 Å². The van der Waals surface area contributed by atoms with Gasteiger partial charge in [0.05, 0.1) is 5.75 Å². The minimum Gasteiger partial charge on any atom is -0.385 e. The Balaban J connectivity index is 1.84. The first-order valence-corrected chi connectivity index (χ1v) is 8.14. The zero-order chi connectivity index (χ0) is 16.7. The Kier molecular flexibility index (Phi) is 6.54. The number of anilines is 1. The molecule has 0 fully saturated rings. The highest BCUT2D eigenvalue weighted by Crippen LogP contribution is 2.17. The van der Waals surface area contributed by atoms with Gasteiger partial charge in [-0.1, -0.05) is 17.8 Å². The second kappa shape index (κ2) is 8.64. The van der Waals surface area contributed by atoms with Crippen molar-refractivity contribution in [2.75, 3.05) is 24.8 Å². The van der Waals surface area contributed by atoms with E-state index in [0.717, 1.165) is 13.0 Å². The molecule has 0 aliphatic heterocycles. The van der Waals surface area contributed by atoms with Gasteiger partial charge in [-0.3, -0.25) is 4.79 Å². The Labute approximate surface area is 138 Å². The summed E-state index contributed by atoms with van der Waals surface area (Å²) < 4.78 is 20.3. The number of carbonyl (C=O) groups excluding carboxylic acids is 1. The molecule has 0 saturated carbocycles. The molecule has 1 aromatic carbocycles. The molecule has 0 atom stereocenters. The molecule has 0 aliphatic rings. The summed E-state index contributed by atoms with van der Waals surface area (Å²) >= 11 is 1.29. The molecule has 0 unspecified atom stereocenters. The fourth-order valence-corrected chi connectivity index (χ4v) is 2.63. The van der Waals surface area contributed by atoms with Gasteiger partial charge < -0.3 is 14.6 Å². The normalized spacial score (nSPS) is 10.7. The number of hydrogen-bond acceptors (Lipinski definition) is 5. The van der Waals surface area contributed by atoms with Crippen LogP contribution in [0.4, 0.5) is 10.1 Å². The second-order valence-corrected chi connectivity index (χ2v) is 5.90. The van der Waals surface area contributed by atoms with Crippen LogP contribution in [0.15, 0.2) is 29.7 Å². The van der Waals surface area contributed by atoms with Gasteiger partial charge >= 0.3 is 0 Å². The standard InChI is InChI=1S/C15H19FN4O2S/c1-11-4-5-12(8-13(11)16)18-14(21)9-23-15-19-17-10-20(15)6-3-7-22-2/h4-5,8,10H,3,6-7,9H2,1-2H3,(H,18,21). The molecule has 2 aromatic rings. The largest absolute Gasteiger partial charge is 0.385 e. The Morgan fingerprint density at radius 1 is 1.48 bits per heavy atom. The molecular formula is C15H19FN4O2S. The molecule has 0 saturated heterocycles. The Morgan fingerprint density at radius 3 is 3.04 bits per heavy atom. The van der Waals surface area contributed by atoms with Crippen LogP contribution in [0.5, 0.6) is 0 Å². The van der Waals surface area contributed by atoms with Crippen LogP contribution in [0.3, 0.4) is 0 Å². The number of carbonyl (C=O) groups is 1. The minimum absolute atomic E-state index is 0.179. The molecule has 8 heteroatoms. The van der Waals surface area contributed by atoms with Gasteiger partial charge in [-0.15, -0.1) is 10.2 Å². The summed E-state index contributed by atoms with van der Waals surface area (Å²) in [5.41, 5.74) is 0.988. The summed E-state index contributed by atoms with van der Waals surface area (Å²) in [5.74, 6) is -0.378. The Morgan fingerprint density at radius 2 is 2.30 bits per heavy atom. The van der Waals surface area contributed by atoms with E-state index in [0.29, 0.717) is 23.0 Å². The predicted molar refractivity (Wildman–Crippen MR) is 87.0 cm³/mol. The second-order valence-electron chi connectivity index (χ2n) is 4.95. The number of amides is 1. The number of ether oxygens (including phenoxy) is 1. The summed E-state index contributed by atoms with van der Waals surface area (Å²) in [6.45, 7) is 3.06. The number of hydrogen-bond donors (Lipinski definition) is 1. The molecular weight excluding hydrogens is 319 g/mol. The molecule has 0 spiro atoms. The molecule has 1 N–H and O–H groups in total. The van der Waals surface area contributed by atoms with Crippen LogP contribution in [0.2, 0.25) is 0 Å². The molecule has 1 heterocycles. The number of halogens is 1. The van der Waals surface area contributed by atoms with Crippen LogP contribution in [0, 0.1) is 12.7 Å². The topological polar surface area (TPSA) is 69.0 Å². The van der Waals surface area contributed by atoms with Crippen molar-refractivity contribution in [3.8, 4) is 0 Å². The molecule has 0 bridgehead atoms. The van der Waals surface area contributed by atoms with Crippen molar-refractivity contribution in [1.29, 1.82) is 0 Å². The van der Waals surface area contributed by atoms with Gasteiger partial charge in [-0.2, -0.15) is 0 Å². The first-order valence-electron chi connectivity index (χ1n) is 7.15. The predicted octanol–water partition coefficient (Wildman–Crippen LogP) is 2.49. The SMILES string of the molecule is COCCCn1cnnc1SCC(=O)Nc1ccc(C)c(F)c1. The lowest BCUT2D eigenvalue weighted by Crippen LogP contribution is -2.15. The van der Waals surface area contributed by atoms with Gasteiger partial charge in [-0.05, 0) is 31.0 Å². The van der Waals surface area contributed by atoms with E-state index < -0.39 is 0 Å². The lowest BCUT2D eigenvalue weighted by molar-refractivity contribution is -0.113. The minimum atomic E-state index is -0.340. The molecule has 1 amide bonds. The number of nitrogens with zero attached hydrogens (tertiary/aromatic N) is 3. The van der Waals surface area contributed by atoms with Gasteiger partial charge in [0.15, 0.2) is 5.16 Å². The molecule has 1 aromatic heterocycles. The molecule has 0 aliphatic carbocycles. The summed E-state index contributed by atoms with van der Waals surface area (Å²) in [7, 11) is 1.65. The van der Waals surface area contributed by atoms with E-state index >= 15 is 0 Å². The third-order valence-electron chi connectivity index (χ3n) is 3.12. The van der Waals surface area contributed by atoms with Crippen LogP contribution in [-0.4, -0.2) is 40.1 Å². The van der Waals surface area contributed by atoms with Crippen molar-refractivity contribution in [1.82, 2.24) is 14.8 Å². The lowest BCUT2D eigenvalue weighted by atomic mass is 10.2. The fourth-order valence-electron chi connectivity index (χ4n) is 1.89. The van der Waals surface area contributed by atoms with Gasteiger partial charge in [0.25, 0.3) is 0 Å². The van der Waals surface area contributed by atoms with E-state index in [2.05, 4.69) is 15.5 Å². The fraction of sp³-hybridized carbons (Fsp3) is 0.400. The lowest BCUT2D eigenvalue weighted by Gasteiger charge is -2.07. The highest BCUT2D eigenvalue weighted by atomic mass is 32.2. The van der Waals surface area contributed by atoms with Crippen LogP contribution in [-0.2, 0) is 16.1 Å².